The van der Waals surface area contributed by atoms with Crippen molar-refractivity contribution in [3.8, 4) is 0 Å². The molecular weight excluding hydrogens is 234 g/mol. The van der Waals surface area contributed by atoms with Crippen LogP contribution in [-0.2, 0) is 0 Å². The van der Waals surface area contributed by atoms with Gasteiger partial charge in [-0.3, -0.25) is 0 Å². The Kier molecular flexibility index (Phi) is 4.43. The van der Waals surface area contributed by atoms with Crippen molar-refractivity contribution in [1.29, 1.82) is 0 Å². The van der Waals surface area contributed by atoms with Crippen LogP contribution in [0, 0.1) is 0 Å². The second-order valence-electron chi connectivity index (χ2n) is 4.92. The minimum Gasteiger partial charge on any atom is -0.388 e. The van der Waals surface area contributed by atoms with E-state index in [2.05, 4.69) is 11.9 Å². The first-order chi connectivity index (χ1) is 8.16. The predicted octanol–water partition coefficient (Wildman–Crippen LogP) is 3.25. The molecule has 1 aromatic carbocycles. The lowest BCUT2D eigenvalue weighted by atomic mass is 9.91. The van der Waals surface area contributed by atoms with Gasteiger partial charge >= 0.3 is 0 Å². The van der Waals surface area contributed by atoms with E-state index in [-0.39, 0.29) is 0 Å². The molecule has 94 valence electrons. The molecule has 1 aliphatic carbocycles. The van der Waals surface area contributed by atoms with Crippen molar-refractivity contribution < 1.29 is 5.11 Å². The lowest BCUT2D eigenvalue weighted by Crippen LogP contribution is -2.38. The molecule has 0 amide bonds. The molecule has 1 atom stereocenters. The molecule has 0 saturated heterocycles. The molecule has 0 spiro atoms. The summed E-state index contributed by atoms with van der Waals surface area (Å²) in [5.41, 5.74) is 0.916. The number of hydrogen-bond donors (Lipinski definition) is 1. The molecule has 0 bridgehead atoms. The largest absolute Gasteiger partial charge is 0.388 e. The van der Waals surface area contributed by atoms with Gasteiger partial charge in [0.2, 0.25) is 0 Å². The molecule has 0 aromatic heterocycles. The lowest BCUT2D eigenvalue weighted by Gasteiger charge is -2.35. The SMILES string of the molecule is CN(CCC(O)c1cccc(Cl)c1)C1CCC1. The fraction of sp³-hybridized carbons (Fsp3) is 0.571. The Morgan fingerprint density at radius 3 is 2.82 bits per heavy atom. The van der Waals surface area contributed by atoms with Gasteiger partial charge < -0.3 is 10.0 Å². The normalized spacial score (nSPS) is 18.1. The van der Waals surface area contributed by atoms with Crippen LogP contribution in [-0.4, -0.2) is 29.6 Å². The smallest absolute Gasteiger partial charge is 0.0802 e. The first-order valence-corrected chi connectivity index (χ1v) is 6.68. The van der Waals surface area contributed by atoms with Crippen LogP contribution < -0.4 is 0 Å². The molecule has 1 aliphatic rings. The second-order valence-corrected chi connectivity index (χ2v) is 5.36. The van der Waals surface area contributed by atoms with E-state index in [1.807, 2.05) is 24.3 Å². The molecule has 1 fully saturated rings. The van der Waals surface area contributed by atoms with Crippen molar-refractivity contribution >= 4 is 11.6 Å². The fourth-order valence-corrected chi connectivity index (χ4v) is 2.42. The van der Waals surface area contributed by atoms with E-state index in [0.717, 1.165) is 24.6 Å². The highest BCUT2D eigenvalue weighted by Crippen LogP contribution is 2.25. The third-order valence-electron chi connectivity index (χ3n) is 3.69. The van der Waals surface area contributed by atoms with Crippen LogP contribution in [0.2, 0.25) is 5.02 Å². The number of nitrogens with zero attached hydrogens (tertiary/aromatic N) is 1. The zero-order chi connectivity index (χ0) is 12.3. The average Bonchev–Trinajstić information content (AvgIpc) is 2.23. The zero-order valence-corrected chi connectivity index (χ0v) is 11.0. The van der Waals surface area contributed by atoms with Crippen LogP contribution in [0.1, 0.15) is 37.4 Å². The molecule has 2 rings (SSSR count). The highest BCUT2D eigenvalue weighted by Gasteiger charge is 2.22. The quantitative estimate of drug-likeness (QED) is 0.871. The van der Waals surface area contributed by atoms with Crippen molar-refractivity contribution in [2.24, 2.45) is 0 Å². The summed E-state index contributed by atoms with van der Waals surface area (Å²) in [7, 11) is 2.15. The van der Waals surface area contributed by atoms with Gasteiger partial charge in [-0.25, -0.2) is 0 Å². The number of hydrogen-bond acceptors (Lipinski definition) is 2. The Bertz CT molecular complexity index is 365. The zero-order valence-electron chi connectivity index (χ0n) is 10.3. The van der Waals surface area contributed by atoms with Gasteiger partial charge in [0.05, 0.1) is 6.10 Å². The summed E-state index contributed by atoms with van der Waals surface area (Å²) >= 11 is 5.91. The van der Waals surface area contributed by atoms with Gasteiger partial charge in [0.25, 0.3) is 0 Å². The third kappa shape index (κ3) is 3.44. The van der Waals surface area contributed by atoms with Crippen molar-refractivity contribution in [2.45, 2.75) is 37.8 Å². The van der Waals surface area contributed by atoms with E-state index >= 15 is 0 Å². The van der Waals surface area contributed by atoms with Crippen molar-refractivity contribution in [2.75, 3.05) is 13.6 Å². The maximum atomic E-state index is 10.1. The molecule has 0 heterocycles. The average molecular weight is 254 g/mol. The molecular formula is C14H20ClNO. The minimum absolute atomic E-state index is 0.406. The summed E-state index contributed by atoms with van der Waals surface area (Å²) in [5.74, 6) is 0. The number of rotatable bonds is 5. The summed E-state index contributed by atoms with van der Waals surface area (Å²) in [6.45, 7) is 0.943. The number of halogens is 1. The maximum Gasteiger partial charge on any atom is 0.0802 e. The highest BCUT2D eigenvalue weighted by molar-refractivity contribution is 6.30. The summed E-state index contributed by atoms with van der Waals surface area (Å²) in [6.07, 6.45) is 4.34. The maximum absolute atomic E-state index is 10.1. The van der Waals surface area contributed by atoms with Crippen molar-refractivity contribution in [3.05, 3.63) is 34.9 Å². The van der Waals surface area contributed by atoms with Crippen LogP contribution in [0.3, 0.4) is 0 Å². The van der Waals surface area contributed by atoms with E-state index in [1.165, 1.54) is 19.3 Å². The summed E-state index contributed by atoms with van der Waals surface area (Å²) in [6, 6.07) is 8.23. The van der Waals surface area contributed by atoms with Gasteiger partial charge in [-0.15, -0.1) is 0 Å². The number of aliphatic hydroxyl groups excluding tert-OH is 1. The van der Waals surface area contributed by atoms with Crippen LogP contribution >= 0.6 is 11.6 Å². The third-order valence-corrected chi connectivity index (χ3v) is 3.92. The standard InChI is InChI=1S/C14H20ClNO/c1-16(13-6-3-7-13)9-8-14(17)11-4-2-5-12(15)10-11/h2,4-5,10,13-14,17H,3,6-9H2,1H3. The molecule has 1 aromatic rings. The predicted molar refractivity (Wildman–Crippen MR) is 71.3 cm³/mol. The minimum atomic E-state index is -0.406. The topological polar surface area (TPSA) is 23.5 Å². The van der Waals surface area contributed by atoms with E-state index < -0.39 is 6.10 Å². The molecule has 1 unspecified atom stereocenters. The molecule has 0 aliphatic heterocycles. The summed E-state index contributed by atoms with van der Waals surface area (Å²) < 4.78 is 0. The Morgan fingerprint density at radius 2 is 2.24 bits per heavy atom. The number of aliphatic hydroxyl groups is 1. The summed E-state index contributed by atoms with van der Waals surface area (Å²) in [5, 5.41) is 10.8. The summed E-state index contributed by atoms with van der Waals surface area (Å²) in [4.78, 5) is 2.36. The Labute approximate surface area is 108 Å². The molecule has 1 N–H and O–H groups in total. The highest BCUT2D eigenvalue weighted by atomic mass is 35.5. The van der Waals surface area contributed by atoms with Crippen LogP contribution in [0.25, 0.3) is 0 Å². The van der Waals surface area contributed by atoms with E-state index in [0.29, 0.717) is 5.02 Å². The first-order valence-electron chi connectivity index (χ1n) is 6.30. The van der Waals surface area contributed by atoms with Crippen LogP contribution in [0.5, 0.6) is 0 Å². The van der Waals surface area contributed by atoms with Gasteiger partial charge in [0.15, 0.2) is 0 Å². The van der Waals surface area contributed by atoms with Gasteiger partial charge in [0.1, 0.15) is 0 Å². The van der Waals surface area contributed by atoms with E-state index in [1.54, 1.807) is 0 Å². The Balaban J connectivity index is 1.82. The van der Waals surface area contributed by atoms with E-state index in [4.69, 9.17) is 11.6 Å². The van der Waals surface area contributed by atoms with Crippen molar-refractivity contribution in [1.82, 2.24) is 4.90 Å². The first kappa shape index (κ1) is 12.9. The molecule has 2 nitrogen and oxygen atoms in total. The van der Waals surface area contributed by atoms with Gasteiger partial charge in [-0.1, -0.05) is 30.2 Å². The fourth-order valence-electron chi connectivity index (χ4n) is 2.22. The monoisotopic (exact) mass is 253 g/mol. The second kappa shape index (κ2) is 5.85. The van der Waals surface area contributed by atoms with Crippen LogP contribution in [0.15, 0.2) is 24.3 Å². The Hall–Kier alpha value is -0.570. The molecule has 0 radical (unpaired) electrons. The number of benzene rings is 1. The molecule has 3 heteroatoms. The van der Waals surface area contributed by atoms with E-state index in [9.17, 15) is 5.11 Å². The van der Waals surface area contributed by atoms with Gasteiger partial charge in [0, 0.05) is 17.6 Å². The van der Waals surface area contributed by atoms with Crippen LogP contribution in [0.4, 0.5) is 0 Å². The van der Waals surface area contributed by atoms with Gasteiger partial charge in [-0.05, 0) is 44.0 Å². The van der Waals surface area contributed by atoms with Gasteiger partial charge in [-0.2, -0.15) is 0 Å². The molecule has 17 heavy (non-hydrogen) atoms. The molecule has 1 saturated carbocycles. The lowest BCUT2D eigenvalue weighted by molar-refractivity contribution is 0.112. The Morgan fingerprint density at radius 1 is 1.47 bits per heavy atom. The van der Waals surface area contributed by atoms with Crippen molar-refractivity contribution in [3.63, 3.8) is 0 Å².